The van der Waals surface area contributed by atoms with Crippen LogP contribution in [0.5, 0.6) is 5.75 Å². The largest absolute Gasteiger partial charge is 0.496 e. The molecule has 1 aromatic rings. The zero-order valence-electron chi connectivity index (χ0n) is 10.8. The maximum absolute atomic E-state index is 13.7. The number of ether oxygens (including phenoxy) is 1. The molecule has 0 fully saturated rings. The van der Waals surface area contributed by atoms with Crippen LogP contribution >= 0.6 is 0 Å². The van der Waals surface area contributed by atoms with Crippen molar-refractivity contribution < 1.29 is 19.0 Å². The first-order chi connectivity index (χ1) is 8.38. The number of methoxy groups -OCH3 is 1. The van der Waals surface area contributed by atoms with Crippen LogP contribution < -0.4 is 10.5 Å². The second-order valence-corrected chi connectivity index (χ2v) is 4.27. The SMILES string of the molecule is COc1c(C)c(F)cc(C(N)CCC(=O)O)c1C. The number of carboxylic acid groups (broad SMARTS) is 1. The van der Waals surface area contributed by atoms with E-state index in [0.717, 1.165) is 5.56 Å². The molecule has 0 aliphatic rings. The number of benzene rings is 1. The molecule has 0 aliphatic carbocycles. The van der Waals surface area contributed by atoms with Crippen molar-refractivity contribution in [1.29, 1.82) is 0 Å². The van der Waals surface area contributed by atoms with Crippen LogP contribution in [0.3, 0.4) is 0 Å². The van der Waals surface area contributed by atoms with E-state index in [-0.39, 0.29) is 12.8 Å². The van der Waals surface area contributed by atoms with E-state index in [2.05, 4.69) is 0 Å². The molecule has 1 rings (SSSR count). The second-order valence-electron chi connectivity index (χ2n) is 4.27. The van der Waals surface area contributed by atoms with E-state index in [1.54, 1.807) is 13.8 Å². The molecule has 0 amide bonds. The minimum atomic E-state index is -0.914. The first-order valence-electron chi connectivity index (χ1n) is 5.69. The lowest BCUT2D eigenvalue weighted by molar-refractivity contribution is -0.137. The minimum absolute atomic E-state index is 0.0432. The van der Waals surface area contributed by atoms with E-state index in [0.29, 0.717) is 16.9 Å². The summed E-state index contributed by atoms with van der Waals surface area (Å²) in [5.41, 5.74) is 7.69. The van der Waals surface area contributed by atoms with Crippen LogP contribution in [-0.2, 0) is 4.79 Å². The van der Waals surface area contributed by atoms with E-state index < -0.39 is 17.8 Å². The highest BCUT2D eigenvalue weighted by molar-refractivity contribution is 5.66. The Kier molecular flexibility index (Phi) is 4.67. The van der Waals surface area contributed by atoms with Gasteiger partial charge in [-0.2, -0.15) is 0 Å². The maximum Gasteiger partial charge on any atom is 0.303 e. The van der Waals surface area contributed by atoms with Gasteiger partial charge in [-0.3, -0.25) is 4.79 Å². The molecule has 0 saturated carbocycles. The van der Waals surface area contributed by atoms with Gasteiger partial charge in [-0.25, -0.2) is 4.39 Å². The van der Waals surface area contributed by atoms with E-state index in [1.165, 1.54) is 13.2 Å². The average Bonchev–Trinajstić information content (AvgIpc) is 2.31. The van der Waals surface area contributed by atoms with Gasteiger partial charge >= 0.3 is 5.97 Å². The molecule has 3 N–H and O–H groups in total. The first kappa shape index (κ1) is 14.4. The van der Waals surface area contributed by atoms with E-state index in [4.69, 9.17) is 15.6 Å². The third-order valence-corrected chi connectivity index (χ3v) is 3.03. The average molecular weight is 255 g/mol. The van der Waals surface area contributed by atoms with Crippen molar-refractivity contribution in [2.24, 2.45) is 5.73 Å². The number of carbonyl (C=O) groups is 1. The van der Waals surface area contributed by atoms with Gasteiger partial charge in [0, 0.05) is 18.0 Å². The molecule has 0 aromatic heterocycles. The fraction of sp³-hybridized carbons (Fsp3) is 0.462. The van der Waals surface area contributed by atoms with Crippen LogP contribution in [0.4, 0.5) is 4.39 Å². The van der Waals surface area contributed by atoms with Gasteiger partial charge in [-0.15, -0.1) is 0 Å². The zero-order valence-corrected chi connectivity index (χ0v) is 10.8. The molecule has 0 heterocycles. The van der Waals surface area contributed by atoms with Gasteiger partial charge in [0.05, 0.1) is 7.11 Å². The van der Waals surface area contributed by atoms with Crippen molar-refractivity contribution in [2.75, 3.05) is 7.11 Å². The van der Waals surface area contributed by atoms with Crippen LogP contribution in [0.25, 0.3) is 0 Å². The van der Waals surface area contributed by atoms with Crippen LogP contribution in [0.15, 0.2) is 6.07 Å². The van der Waals surface area contributed by atoms with E-state index in [1.807, 2.05) is 0 Å². The Bertz CT molecular complexity index is 460. The Balaban J connectivity index is 3.09. The number of nitrogens with two attached hydrogens (primary N) is 1. The summed E-state index contributed by atoms with van der Waals surface area (Å²) in [5, 5.41) is 8.62. The third-order valence-electron chi connectivity index (χ3n) is 3.03. The summed E-state index contributed by atoms with van der Waals surface area (Å²) in [7, 11) is 1.47. The number of aliphatic carboxylic acids is 1. The molecule has 5 heteroatoms. The maximum atomic E-state index is 13.7. The van der Waals surface area contributed by atoms with Gasteiger partial charge in [0.1, 0.15) is 11.6 Å². The standard InChI is InChI=1S/C13H18FNO3/c1-7-9(11(15)4-5-12(16)17)6-10(14)8(2)13(7)18-3/h6,11H,4-5,15H2,1-3H3,(H,16,17). The van der Waals surface area contributed by atoms with Crippen LogP contribution in [0, 0.1) is 19.7 Å². The Hall–Kier alpha value is -1.62. The summed E-state index contributed by atoms with van der Waals surface area (Å²) in [6.45, 7) is 3.43. The van der Waals surface area contributed by atoms with Gasteiger partial charge in [0.2, 0.25) is 0 Å². The summed E-state index contributed by atoms with van der Waals surface area (Å²) in [5.74, 6) is -0.836. The molecular formula is C13H18FNO3. The number of carboxylic acids is 1. The van der Waals surface area contributed by atoms with E-state index in [9.17, 15) is 9.18 Å². The van der Waals surface area contributed by atoms with Gasteiger partial charge in [-0.05, 0) is 37.5 Å². The third kappa shape index (κ3) is 2.98. The molecule has 0 radical (unpaired) electrons. The van der Waals surface area contributed by atoms with Crippen molar-refractivity contribution in [2.45, 2.75) is 32.7 Å². The highest BCUT2D eigenvalue weighted by Gasteiger charge is 2.18. The Morgan fingerprint density at radius 3 is 2.61 bits per heavy atom. The normalized spacial score (nSPS) is 12.3. The predicted molar refractivity (Wildman–Crippen MR) is 66.2 cm³/mol. The van der Waals surface area contributed by atoms with Gasteiger partial charge < -0.3 is 15.6 Å². The minimum Gasteiger partial charge on any atom is -0.496 e. The fourth-order valence-corrected chi connectivity index (χ4v) is 2.00. The topological polar surface area (TPSA) is 72.5 Å². The monoisotopic (exact) mass is 255 g/mol. The highest BCUT2D eigenvalue weighted by Crippen LogP contribution is 2.32. The molecular weight excluding hydrogens is 237 g/mol. The molecule has 0 aliphatic heterocycles. The lowest BCUT2D eigenvalue weighted by Gasteiger charge is -2.18. The first-order valence-corrected chi connectivity index (χ1v) is 5.69. The summed E-state index contributed by atoms with van der Waals surface area (Å²) in [6, 6.07) is 0.852. The van der Waals surface area contributed by atoms with Gasteiger partial charge in [0.15, 0.2) is 0 Å². The highest BCUT2D eigenvalue weighted by atomic mass is 19.1. The number of hydrogen-bond donors (Lipinski definition) is 2. The molecule has 18 heavy (non-hydrogen) atoms. The van der Waals surface area contributed by atoms with Crippen LogP contribution in [-0.4, -0.2) is 18.2 Å². The number of hydrogen-bond acceptors (Lipinski definition) is 3. The molecule has 1 aromatic carbocycles. The molecule has 4 nitrogen and oxygen atoms in total. The van der Waals surface area contributed by atoms with Crippen molar-refractivity contribution in [3.05, 3.63) is 28.6 Å². The number of rotatable bonds is 5. The molecule has 0 spiro atoms. The molecule has 1 unspecified atom stereocenters. The zero-order chi connectivity index (χ0) is 13.9. The van der Waals surface area contributed by atoms with Crippen LogP contribution in [0.2, 0.25) is 0 Å². The van der Waals surface area contributed by atoms with Crippen LogP contribution in [0.1, 0.15) is 35.6 Å². The fourth-order valence-electron chi connectivity index (χ4n) is 2.00. The van der Waals surface area contributed by atoms with E-state index >= 15 is 0 Å². The van der Waals surface area contributed by atoms with Crippen molar-refractivity contribution in [3.63, 3.8) is 0 Å². The summed E-state index contributed by atoms with van der Waals surface area (Å²) >= 11 is 0. The molecule has 0 saturated heterocycles. The lowest BCUT2D eigenvalue weighted by Crippen LogP contribution is -2.15. The smallest absolute Gasteiger partial charge is 0.303 e. The van der Waals surface area contributed by atoms with Crippen molar-refractivity contribution in [1.82, 2.24) is 0 Å². The Morgan fingerprint density at radius 2 is 2.11 bits per heavy atom. The quantitative estimate of drug-likeness (QED) is 0.846. The van der Waals surface area contributed by atoms with Gasteiger partial charge in [-0.1, -0.05) is 0 Å². The Labute approximate surface area is 106 Å². The second kappa shape index (κ2) is 5.82. The Morgan fingerprint density at radius 1 is 1.50 bits per heavy atom. The molecule has 0 bridgehead atoms. The summed E-state index contributed by atoms with van der Waals surface area (Å²) in [4.78, 5) is 10.5. The van der Waals surface area contributed by atoms with Crippen molar-refractivity contribution >= 4 is 5.97 Å². The lowest BCUT2D eigenvalue weighted by atomic mass is 9.95. The predicted octanol–water partition coefficient (Wildman–Crippen LogP) is 2.32. The summed E-state index contributed by atoms with van der Waals surface area (Å²) in [6.07, 6.45) is 0.222. The van der Waals surface area contributed by atoms with Gasteiger partial charge in [0.25, 0.3) is 0 Å². The number of halogens is 1. The summed E-state index contributed by atoms with van der Waals surface area (Å²) < 4.78 is 18.9. The molecule has 1 atom stereocenters. The molecule has 100 valence electrons. The van der Waals surface area contributed by atoms with Crippen molar-refractivity contribution in [3.8, 4) is 5.75 Å².